The molecular weight excluding hydrogens is 750 g/mol. The van der Waals surface area contributed by atoms with Crippen molar-refractivity contribution in [1.29, 1.82) is 0 Å². The van der Waals surface area contributed by atoms with Crippen LogP contribution in [-0.4, -0.2) is 109 Å². The Bertz CT molecular complexity index is 2160. The monoisotopic (exact) mass is 803 g/mol. The number of likely N-dealkylation sites (tertiary alicyclic amines) is 1. The number of nitrogens with one attached hydrogen (secondary N) is 1. The van der Waals surface area contributed by atoms with E-state index in [0.29, 0.717) is 66.1 Å². The number of hydrogen-bond donors (Lipinski definition) is 1. The molecule has 0 aromatic heterocycles. The van der Waals surface area contributed by atoms with E-state index in [1.165, 1.54) is 11.6 Å². The van der Waals surface area contributed by atoms with E-state index < -0.39 is 6.04 Å². The van der Waals surface area contributed by atoms with Crippen LogP contribution in [0.1, 0.15) is 85.3 Å². The standard InChI is InChI=1S/C46H54FN7O5/c1-29-26-53(30(2)25-52(29)36-7-9-39(48-3)42(24-36)59-4)44(56)22-32-5-10-40(38(47)21-32)51-19-13-31(14-20-51)27-50-17-15-33(16-18-50)34-6-8-37-35(23-34)28-54(46(37)58)41-11-12-43(55)49-45(41)57/h5-10,21,23-24,29-31,33,41H,11-20,22,25-28H2,1-2,4H3,(H,49,55,57)/t29-,30+,41-/m0/s1. The third-order valence-corrected chi connectivity index (χ3v) is 13.4. The van der Waals surface area contributed by atoms with Gasteiger partial charge in [-0.3, -0.25) is 24.5 Å². The Morgan fingerprint density at radius 1 is 0.898 bits per heavy atom. The van der Waals surface area contributed by atoms with Gasteiger partial charge < -0.3 is 29.2 Å². The first-order valence-corrected chi connectivity index (χ1v) is 21.1. The summed E-state index contributed by atoms with van der Waals surface area (Å²) >= 11 is 0. The highest BCUT2D eigenvalue weighted by atomic mass is 19.1. The van der Waals surface area contributed by atoms with Gasteiger partial charge in [0.25, 0.3) is 5.91 Å². The summed E-state index contributed by atoms with van der Waals surface area (Å²) in [6.45, 7) is 17.8. The van der Waals surface area contributed by atoms with Crippen molar-refractivity contribution in [2.75, 3.05) is 62.7 Å². The van der Waals surface area contributed by atoms with Crippen molar-refractivity contribution in [2.24, 2.45) is 5.92 Å². The molecule has 3 atom stereocenters. The van der Waals surface area contributed by atoms with Crippen molar-refractivity contribution in [2.45, 2.75) is 89.4 Å². The fraction of sp³-hybridized carbons (Fsp3) is 0.500. The second-order valence-corrected chi connectivity index (χ2v) is 17.1. The zero-order valence-electron chi connectivity index (χ0n) is 34.3. The molecule has 8 rings (SSSR count). The average Bonchev–Trinajstić information content (AvgIpc) is 3.56. The predicted octanol–water partition coefficient (Wildman–Crippen LogP) is 5.91. The highest BCUT2D eigenvalue weighted by Crippen LogP contribution is 2.36. The number of nitrogens with zero attached hydrogens (tertiary/aromatic N) is 6. The van der Waals surface area contributed by atoms with Gasteiger partial charge in [0.2, 0.25) is 23.4 Å². The number of methoxy groups -OCH3 is 1. The Labute approximate surface area is 346 Å². The Balaban J connectivity index is 0.785. The fourth-order valence-electron chi connectivity index (χ4n) is 9.98. The molecule has 4 saturated heterocycles. The summed E-state index contributed by atoms with van der Waals surface area (Å²) in [7, 11) is 1.56. The van der Waals surface area contributed by atoms with Gasteiger partial charge in [0, 0.05) is 69.0 Å². The molecule has 0 aliphatic carbocycles. The van der Waals surface area contributed by atoms with E-state index in [0.717, 1.165) is 69.7 Å². The van der Waals surface area contributed by atoms with Crippen molar-refractivity contribution in [3.05, 3.63) is 94.1 Å². The second kappa shape index (κ2) is 17.0. The fourth-order valence-corrected chi connectivity index (χ4v) is 9.98. The number of amides is 4. The Morgan fingerprint density at radius 2 is 1.68 bits per heavy atom. The van der Waals surface area contributed by atoms with Crippen LogP contribution in [0.15, 0.2) is 54.6 Å². The minimum Gasteiger partial charge on any atom is -0.508 e. The highest BCUT2D eigenvalue weighted by molar-refractivity contribution is 6.05. The van der Waals surface area contributed by atoms with Gasteiger partial charge in [-0.05, 0) is 118 Å². The number of ether oxygens (including phenoxy) is 1. The molecule has 1 N–H and O–H groups in total. The number of hydrogen-bond acceptors (Lipinski definition) is 8. The van der Waals surface area contributed by atoms with Crippen LogP contribution in [0.2, 0.25) is 0 Å². The minimum atomic E-state index is -0.602. The molecule has 5 aliphatic rings. The molecular formula is C46H54FN7O5. The van der Waals surface area contributed by atoms with Crippen LogP contribution in [0.4, 0.5) is 21.5 Å². The van der Waals surface area contributed by atoms with Gasteiger partial charge in [0.05, 0.1) is 25.8 Å². The van der Waals surface area contributed by atoms with E-state index in [1.54, 1.807) is 18.1 Å². The van der Waals surface area contributed by atoms with Crippen molar-refractivity contribution < 1.29 is 28.3 Å². The summed E-state index contributed by atoms with van der Waals surface area (Å²) in [5, 5.41) is 2.38. The first-order chi connectivity index (χ1) is 28.5. The third-order valence-electron chi connectivity index (χ3n) is 13.4. The van der Waals surface area contributed by atoms with Crippen LogP contribution in [0, 0.1) is 18.3 Å². The molecule has 310 valence electrons. The molecule has 0 unspecified atom stereocenters. The molecule has 5 aliphatic heterocycles. The van der Waals surface area contributed by atoms with Crippen LogP contribution in [0.5, 0.6) is 5.75 Å². The van der Waals surface area contributed by atoms with Crippen molar-refractivity contribution in [1.82, 2.24) is 20.0 Å². The average molecular weight is 804 g/mol. The maximum atomic E-state index is 15.6. The number of carbonyl (C=O) groups is 4. The number of piperidine rings is 3. The molecule has 5 heterocycles. The number of halogens is 1. The molecule has 59 heavy (non-hydrogen) atoms. The van der Waals surface area contributed by atoms with Gasteiger partial charge in [-0.25, -0.2) is 9.24 Å². The van der Waals surface area contributed by atoms with Crippen molar-refractivity contribution in [3.63, 3.8) is 0 Å². The zero-order chi connectivity index (χ0) is 41.4. The van der Waals surface area contributed by atoms with Crippen LogP contribution in [0.25, 0.3) is 4.85 Å². The van der Waals surface area contributed by atoms with E-state index in [1.807, 2.05) is 42.2 Å². The maximum absolute atomic E-state index is 15.6. The van der Waals surface area contributed by atoms with E-state index >= 15 is 4.39 Å². The van der Waals surface area contributed by atoms with E-state index in [4.69, 9.17) is 11.3 Å². The molecule has 12 nitrogen and oxygen atoms in total. The number of carbonyl (C=O) groups excluding carboxylic acids is 4. The summed E-state index contributed by atoms with van der Waals surface area (Å²) in [6.07, 6.45) is 4.86. The number of anilines is 2. The van der Waals surface area contributed by atoms with Crippen molar-refractivity contribution in [3.8, 4) is 5.75 Å². The molecule has 0 radical (unpaired) electrons. The Hall–Kier alpha value is -5.48. The largest absolute Gasteiger partial charge is 0.508 e. The predicted molar refractivity (Wildman–Crippen MR) is 223 cm³/mol. The molecule has 4 fully saturated rings. The molecule has 0 saturated carbocycles. The lowest BCUT2D eigenvalue weighted by Crippen LogP contribution is -2.58. The number of rotatable bonds is 9. The molecule has 4 amide bonds. The molecule has 0 spiro atoms. The highest BCUT2D eigenvalue weighted by Gasteiger charge is 2.40. The topological polar surface area (TPSA) is 110 Å². The lowest BCUT2D eigenvalue weighted by molar-refractivity contribution is -0.137. The third kappa shape index (κ3) is 8.37. The van der Waals surface area contributed by atoms with Crippen LogP contribution in [0.3, 0.4) is 0 Å². The van der Waals surface area contributed by atoms with Crippen LogP contribution >= 0.6 is 0 Å². The van der Waals surface area contributed by atoms with Gasteiger partial charge in [-0.15, -0.1) is 0 Å². The number of imide groups is 1. The smallest absolute Gasteiger partial charge is 0.255 e. The molecule has 3 aromatic rings. The van der Waals surface area contributed by atoms with Gasteiger partial charge in [0.1, 0.15) is 17.6 Å². The van der Waals surface area contributed by atoms with Gasteiger partial charge in [0.15, 0.2) is 0 Å². The molecule has 0 bridgehead atoms. The Kier molecular flexibility index (Phi) is 11.6. The normalized spacial score (nSPS) is 23.3. The SMILES string of the molecule is [C-]#[N+]c1ccc(N2C[C@@H](C)N(C(=O)Cc3ccc(N4CCC(CN5CCC(c6ccc7c(c6)CN([C@H]6CCC(=O)NC6=O)C7=O)CC5)CC4)c(F)c3)C[C@@H]2C)cc1OC. The summed E-state index contributed by atoms with van der Waals surface area (Å²) in [4.78, 5) is 64.8. The number of benzene rings is 3. The van der Waals surface area contributed by atoms with Gasteiger partial charge in [-0.1, -0.05) is 24.3 Å². The lowest BCUT2D eigenvalue weighted by atomic mass is 9.87. The van der Waals surface area contributed by atoms with E-state index in [2.05, 4.69) is 43.9 Å². The van der Waals surface area contributed by atoms with Crippen molar-refractivity contribution >= 4 is 40.7 Å². The second-order valence-electron chi connectivity index (χ2n) is 17.1. The summed E-state index contributed by atoms with van der Waals surface area (Å²) in [6, 6.07) is 16.4. The van der Waals surface area contributed by atoms with Gasteiger partial charge in [-0.2, -0.15) is 0 Å². The number of fused-ring (bicyclic) bond motifs is 1. The van der Waals surface area contributed by atoms with Crippen LogP contribution < -0.4 is 19.9 Å². The summed E-state index contributed by atoms with van der Waals surface area (Å²) in [5.41, 5.74) is 5.58. The first kappa shape index (κ1) is 40.3. The molecule has 3 aromatic carbocycles. The lowest BCUT2D eigenvalue weighted by Gasteiger charge is -2.45. The van der Waals surface area contributed by atoms with E-state index in [9.17, 15) is 19.2 Å². The molecule has 13 heteroatoms. The maximum Gasteiger partial charge on any atom is 0.255 e. The van der Waals surface area contributed by atoms with E-state index in [-0.39, 0.29) is 54.4 Å². The van der Waals surface area contributed by atoms with Gasteiger partial charge >= 0.3 is 0 Å². The summed E-state index contributed by atoms with van der Waals surface area (Å²) in [5.74, 6) is 0.420. The Morgan fingerprint density at radius 3 is 2.39 bits per heavy atom. The quantitative estimate of drug-likeness (QED) is 0.210. The first-order valence-electron chi connectivity index (χ1n) is 21.1. The number of piperazine rings is 1. The summed E-state index contributed by atoms with van der Waals surface area (Å²) < 4.78 is 21.1. The zero-order valence-corrected chi connectivity index (χ0v) is 34.3. The minimum absolute atomic E-state index is 0.0101. The van der Waals surface area contributed by atoms with Crippen LogP contribution in [-0.2, 0) is 27.3 Å².